The Kier molecular flexibility index (Phi) is 6.64. The van der Waals surface area contributed by atoms with Crippen molar-refractivity contribution >= 4 is 11.8 Å². The number of aliphatic hydroxyl groups excluding tert-OH is 1. The normalized spacial score (nSPS) is 21.0. The first-order valence-electron chi connectivity index (χ1n) is 10.1. The Labute approximate surface area is 172 Å². The van der Waals surface area contributed by atoms with Crippen molar-refractivity contribution in [1.29, 1.82) is 0 Å². The molecule has 29 heavy (non-hydrogen) atoms. The maximum atomic E-state index is 13.1. The van der Waals surface area contributed by atoms with Crippen LogP contribution in [-0.4, -0.2) is 63.5 Å². The monoisotopic (exact) mass is 395 g/mol. The van der Waals surface area contributed by atoms with Gasteiger partial charge in [-0.15, -0.1) is 0 Å². The van der Waals surface area contributed by atoms with Gasteiger partial charge in [0.2, 0.25) is 5.91 Å². The van der Waals surface area contributed by atoms with Crippen LogP contribution in [0.3, 0.4) is 0 Å². The lowest BCUT2D eigenvalue weighted by Gasteiger charge is -2.55. The first kappa shape index (κ1) is 21.0. The predicted molar refractivity (Wildman–Crippen MR) is 111 cm³/mol. The maximum Gasteiger partial charge on any atom is 0.272 e. The number of hydrogen-bond donors (Lipinski definition) is 1. The number of rotatable bonds is 7. The fourth-order valence-corrected chi connectivity index (χ4v) is 4.29. The van der Waals surface area contributed by atoms with Crippen LogP contribution in [0.1, 0.15) is 42.7 Å². The minimum atomic E-state index is -0.272. The molecule has 1 saturated heterocycles. The Morgan fingerprint density at radius 2 is 1.79 bits per heavy atom. The number of pyridine rings is 1. The molecule has 2 amide bonds. The molecular weight excluding hydrogens is 366 g/mol. The number of amides is 2. The molecular formula is C23H29N3O3. The number of carbonyl (C=O) groups excluding carboxylic acids is 2. The van der Waals surface area contributed by atoms with E-state index in [4.69, 9.17) is 0 Å². The number of aliphatic hydroxyl groups is 1. The van der Waals surface area contributed by atoms with Gasteiger partial charge in [0.15, 0.2) is 0 Å². The Balaban J connectivity index is 1.90. The third-order valence-corrected chi connectivity index (χ3v) is 5.44. The minimum Gasteiger partial charge on any atom is -0.394 e. The van der Waals surface area contributed by atoms with Crippen molar-refractivity contribution in [3.8, 4) is 0 Å². The number of hydrogen-bond acceptors (Lipinski definition) is 4. The van der Waals surface area contributed by atoms with E-state index in [9.17, 15) is 14.7 Å². The molecule has 1 aromatic heterocycles. The molecule has 0 bridgehead atoms. The third-order valence-electron chi connectivity index (χ3n) is 5.44. The fourth-order valence-electron chi connectivity index (χ4n) is 4.29. The van der Waals surface area contributed by atoms with Crippen LogP contribution in [-0.2, 0) is 4.79 Å². The summed E-state index contributed by atoms with van der Waals surface area (Å²) in [6.45, 7) is 6.52. The Hall–Kier alpha value is -2.73. The Bertz CT molecular complexity index is 826. The summed E-state index contributed by atoms with van der Waals surface area (Å²) in [4.78, 5) is 33.2. The molecule has 1 aliphatic rings. The van der Waals surface area contributed by atoms with Crippen molar-refractivity contribution in [1.82, 2.24) is 14.8 Å². The number of benzene rings is 1. The summed E-state index contributed by atoms with van der Waals surface area (Å²) in [6.07, 6.45) is 1.61. The van der Waals surface area contributed by atoms with Gasteiger partial charge in [-0.25, -0.2) is 0 Å². The molecule has 6 heteroatoms. The van der Waals surface area contributed by atoms with E-state index in [1.165, 1.54) is 6.92 Å². The molecule has 1 fully saturated rings. The standard InChI is InChI=1S/C23H29N3O3/c1-16(2)13-25(23(29)19-11-7-8-12-24-19)14-20-22(18-9-5-4-6-10-18)21(15-27)26(20)17(3)28/h4-12,16,20-22,27H,13-15H2,1-3H3/t20-,21+,22-/m0/s1. The first-order chi connectivity index (χ1) is 13.9. The Morgan fingerprint density at radius 1 is 1.10 bits per heavy atom. The van der Waals surface area contributed by atoms with E-state index >= 15 is 0 Å². The highest BCUT2D eigenvalue weighted by atomic mass is 16.3. The molecule has 3 atom stereocenters. The van der Waals surface area contributed by atoms with Gasteiger partial charge in [-0.05, 0) is 23.6 Å². The number of nitrogens with zero attached hydrogens (tertiary/aromatic N) is 3. The molecule has 1 aliphatic heterocycles. The van der Waals surface area contributed by atoms with E-state index in [2.05, 4.69) is 18.8 Å². The average molecular weight is 396 g/mol. The molecule has 6 nitrogen and oxygen atoms in total. The lowest BCUT2D eigenvalue weighted by molar-refractivity contribution is -0.149. The zero-order valence-electron chi connectivity index (χ0n) is 17.2. The van der Waals surface area contributed by atoms with Crippen LogP contribution in [0.15, 0.2) is 54.7 Å². The largest absolute Gasteiger partial charge is 0.394 e. The molecule has 0 spiro atoms. The first-order valence-corrected chi connectivity index (χ1v) is 10.1. The highest BCUT2D eigenvalue weighted by Gasteiger charge is 2.50. The van der Waals surface area contributed by atoms with E-state index in [-0.39, 0.29) is 42.3 Å². The van der Waals surface area contributed by atoms with Crippen LogP contribution in [0.5, 0.6) is 0 Å². The van der Waals surface area contributed by atoms with Gasteiger partial charge >= 0.3 is 0 Å². The second kappa shape index (κ2) is 9.18. The van der Waals surface area contributed by atoms with Crippen molar-refractivity contribution in [2.45, 2.75) is 38.8 Å². The molecule has 0 unspecified atom stereocenters. The van der Waals surface area contributed by atoms with Gasteiger partial charge < -0.3 is 14.9 Å². The lowest BCUT2D eigenvalue weighted by atomic mass is 9.74. The molecule has 0 saturated carbocycles. The van der Waals surface area contributed by atoms with Crippen LogP contribution in [0.2, 0.25) is 0 Å². The smallest absolute Gasteiger partial charge is 0.272 e. The highest BCUT2D eigenvalue weighted by molar-refractivity contribution is 5.92. The fraction of sp³-hybridized carbons (Fsp3) is 0.435. The van der Waals surface area contributed by atoms with Gasteiger partial charge in [0.25, 0.3) is 5.91 Å². The molecule has 0 radical (unpaired) electrons. The van der Waals surface area contributed by atoms with Crippen LogP contribution in [0, 0.1) is 5.92 Å². The molecule has 3 rings (SSSR count). The van der Waals surface area contributed by atoms with Crippen molar-refractivity contribution < 1.29 is 14.7 Å². The van der Waals surface area contributed by atoms with Gasteiger partial charge in [-0.2, -0.15) is 0 Å². The number of likely N-dealkylation sites (tertiary alicyclic amines) is 1. The summed E-state index contributed by atoms with van der Waals surface area (Å²) in [5, 5.41) is 9.94. The van der Waals surface area contributed by atoms with Crippen LogP contribution in [0.25, 0.3) is 0 Å². The van der Waals surface area contributed by atoms with Gasteiger partial charge in [0.1, 0.15) is 5.69 Å². The van der Waals surface area contributed by atoms with Crippen molar-refractivity contribution in [2.75, 3.05) is 19.7 Å². The number of aromatic nitrogens is 1. The SMILES string of the molecule is CC(=O)N1[C@H](CO)[C@@H](c2ccccc2)[C@@H]1CN(CC(C)C)C(=O)c1ccccn1. The Morgan fingerprint density at radius 3 is 2.34 bits per heavy atom. The topological polar surface area (TPSA) is 73.7 Å². The van der Waals surface area contributed by atoms with E-state index in [0.717, 1.165) is 5.56 Å². The molecule has 0 aliphatic carbocycles. The second-order valence-corrected chi connectivity index (χ2v) is 8.00. The van der Waals surface area contributed by atoms with Gasteiger partial charge in [-0.1, -0.05) is 50.2 Å². The number of carbonyl (C=O) groups is 2. The van der Waals surface area contributed by atoms with Crippen molar-refractivity contribution in [3.05, 3.63) is 66.0 Å². The van der Waals surface area contributed by atoms with Gasteiger partial charge in [-0.3, -0.25) is 14.6 Å². The van der Waals surface area contributed by atoms with E-state index in [1.807, 2.05) is 30.3 Å². The third kappa shape index (κ3) is 4.48. The average Bonchev–Trinajstić information content (AvgIpc) is 2.70. The quantitative estimate of drug-likeness (QED) is 0.782. The molecule has 1 aromatic carbocycles. The maximum absolute atomic E-state index is 13.1. The molecule has 2 heterocycles. The summed E-state index contributed by atoms with van der Waals surface area (Å²) in [5.41, 5.74) is 1.47. The molecule has 1 N–H and O–H groups in total. The van der Waals surface area contributed by atoms with E-state index in [1.54, 1.807) is 34.2 Å². The van der Waals surface area contributed by atoms with E-state index in [0.29, 0.717) is 18.8 Å². The van der Waals surface area contributed by atoms with Crippen molar-refractivity contribution in [3.63, 3.8) is 0 Å². The predicted octanol–water partition coefficient (Wildman–Crippen LogP) is 2.56. The zero-order chi connectivity index (χ0) is 21.0. The van der Waals surface area contributed by atoms with Crippen LogP contribution >= 0.6 is 0 Å². The molecule has 154 valence electrons. The summed E-state index contributed by atoms with van der Waals surface area (Å²) < 4.78 is 0. The summed E-state index contributed by atoms with van der Waals surface area (Å²) >= 11 is 0. The zero-order valence-corrected chi connectivity index (χ0v) is 17.2. The van der Waals surface area contributed by atoms with Crippen LogP contribution < -0.4 is 0 Å². The van der Waals surface area contributed by atoms with E-state index < -0.39 is 0 Å². The lowest BCUT2D eigenvalue weighted by Crippen LogP contribution is -2.68. The summed E-state index contributed by atoms with van der Waals surface area (Å²) in [5.74, 6) is 0.0340. The van der Waals surface area contributed by atoms with Gasteiger partial charge in [0.05, 0.1) is 18.7 Å². The van der Waals surface area contributed by atoms with Crippen molar-refractivity contribution in [2.24, 2.45) is 5.92 Å². The second-order valence-electron chi connectivity index (χ2n) is 8.00. The van der Waals surface area contributed by atoms with Gasteiger partial charge in [0, 0.05) is 32.1 Å². The minimum absolute atomic E-state index is 0.0173. The summed E-state index contributed by atoms with van der Waals surface area (Å²) in [7, 11) is 0. The summed E-state index contributed by atoms with van der Waals surface area (Å²) in [6, 6.07) is 14.7. The van der Waals surface area contributed by atoms with Crippen LogP contribution in [0.4, 0.5) is 0 Å². The molecule has 2 aromatic rings. The highest BCUT2D eigenvalue weighted by Crippen LogP contribution is 2.41.